The zero-order chi connectivity index (χ0) is 27.7. The summed E-state index contributed by atoms with van der Waals surface area (Å²) < 4.78 is 25.3. The van der Waals surface area contributed by atoms with Crippen molar-refractivity contribution in [2.24, 2.45) is 0 Å². The molecule has 0 spiro atoms. The minimum absolute atomic E-state index is 0.0381. The lowest BCUT2D eigenvalue weighted by Crippen LogP contribution is -2.40. The van der Waals surface area contributed by atoms with E-state index in [-0.39, 0.29) is 17.7 Å². The number of aromatic nitrogens is 2. The predicted octanol–water partition coefficient (Wildman–Crippen LogP) is 5.01. The number of nitrogens with one attached hydrogen (secondary N) is 2. The Morgan fingerprint density at radius 2 is 1.77 bits per heavy atom. The normalized spacial score (nSPS) is 17.2. The number of ether oxygens (including phenoxy) is 4. The molecule has 1 aliphatic rings. The third-order valence-corrected chi connectivity index (χ3v) is 7.55. The van der Waals surface area contributed by atoms with E-state index in [4.69, 9.17) is 18.9 Å². The summed E-state index contributed by atoms with van der Waals surface area (Å²) in [6.07, 6.45) is 1.85. The molecule has 212 valence electrons. The van der Waals surface area contributed by atoms with E-state index in [9.17, 15) is 4.79 Å². The lowest BCUT2D eigenvalue weighted by Gasteiger charge is -2.32. The number of aryl methyl sites for hydroxylation is 1. The number of piperidine rings is 1. The number of H-pyrrole nitrogens is 1. The summed E-state index contributed by atoms with van der Waals surface area (Å²) in [5.74, 6) is 1.99. The van der Waals surface area contributed by atoms with E-state index >= 15 is 0 Å². The van der Waals surface area contributed by atoms with Crippen LogP contribution in [0.15, 0.2) is 71.5 Å². The fourth-order valence-corrected chi connectivity index (χ4v) is 5.42. The predicted molar refractivity (Wildman–Crippen MR) is 156 cm³/mol. The van der Waals surface area contributed by atoms with E-state index in [1.807, 2.05) is 61.5 Å². The van der Waals surface area contributed by atoms with Crippen LogP contribution < -0.4 is 20.5 Å². The van der Waals surface area contributed by atoms with Gasteiger partial charge in [-0.05, 0) is 49.7 Å². The van der Waals surface area contributed by atoms with Crippen LogP contribution in [0.2, 0.25) is 0 Å². The third-order valence-electron chi connectivity index (χ3n) is 7.55. The first-order valence-corrected chi connectivity index (χ1v) is 14.1. The Kier molecular flexibility index (Phi) is 9.54. The first kappa shape index (κ1) is 28.0. The smallest absolute Gasteiger partial charge is 0.326 e. The van der Waals surface area contributed by atoms with Crippen molar-refractivity contribution < 1.29 is 18.9 Å². The van der Waals surface area contributed by atoms with Gasteiger partial charge in [0.25, 0.3) is 0 Å². The second-order valence-corrected chi connectivity index (χ2v) is 10.1. The lowest BCUT2D eigenvalue weighted by molar-refractivity contribution is 0.0111. The Labute approximate surface area is 235 Å². The van der Waals surface area contributed by atoms with Gasteiger partial charge in [-0.2, -0.15) is 0 Å². The summed E-state index contributed by atoms with van der Waals surface area (Å²) in [5.41, 5.74) is 5.01. The van der Waals surface area contributed by atoms with Crippen molar-refractivity contribution in [1.82, 2.24) is 14.9 Å². The van der Waals surface area contributed by atoms with E-state index in [1.165, 1.54) is 5.56 Å². The van der Waals surface area contributed by atoms with Crippen molar-refractivity contribution in [3.8, 4) is 11.5 Å². The number of rotatable bonds is 13. The topological polar surface area (TPSA) is 86.7 Å². The number of hydrogen-bond donors (Lipinski definition) is 2. The highest BCUT2D eigenvalue weighted by Crippen LogP contribution is 2.30. The largest absolute Gasteiger partial charge is 0.496 e. The summed E-state index contributed by atoms with van der Waals surface area (Å²) in [7, 11) is 1.67. The summed E-state index contributed by atoms with van der Waals surface area (Å²) in [5, 5.41) is 3.47. The number of hydrogen-bond acceptors (Lipinski definition) is 6. The van der Waals surface area contributed by atoms with Gasteiger partial charge in [0.2, 0.25) is 0 Å². The van der Waals surface area contributed by atoms with Gasteiger partial charge < -0.3 is 29.2 Å². The van der Waals surface area contributed by atoms with Crippen molar-refractivity contribution in [3.05, 3.63) is 93.9 Å². The van der Waals surface area contributed by atoms with Crippen LogP contribution in [-0.2, 0) is 29.2 Å². The molecule has 40 heavy (non-hydrogen) atoms. The molecule has 1 aliphatic heterocycles. The van der Waals surface area contributed by atoms with Crippen LogP contribution in [0.5, 0.6) is 11.5 Å². The van der Waals surface area contributed by atoms with Crippen LogP contribution in [0.3, 0.4) is 0 Å². The zero-order valence-corrected chi connectivity index (χ0v) is 23.4. The number of nitrogens with zero attached hydrogens (tertiary/aromatic N) is 1. The van der Waals surface area contributed by atoms with Crippen LogP contribution in [-0.4, -0.2) is 49.1 Å². The number of aromatic amines is 1. The molecule has 2 N–H and O–H groups in total. The van der Waals surface area contributed by atoms with Crippen molar-refractivity contribution >= 4 is 11.0 Å². The Morgan fingerprint density at radius 1 is 0.950 bits per heavy atom. The minimum Gasteiger partial charge on any atom is -0.496 e. The highest BCUT2D eigenvalue weighted by molar-refractivity contribution is 5.78. The molecule has 0 saturated carbocycles. The number of benzene rings is 3. The molecule has 2 unspecified atom stereocenters. The van der Waals surface area contributed by atoms with Gasteiger partial charge in [-0.1, -0.05) is 42.5 Å². The van der Waals surface area contributed by atoms with E-state index in [2.05, 4.69) is 22.4 Å². The molecule has 0 bridgehead atoms. The maximum atomic E-state index is 12.3. The molecule has 0 radical (unpaired) electrons. The highest BCUT2D eigenvalue weighted by Gasteiger charge is 2.27. The van der Waals surface area contributed by atoms with Gasteiger partial charge >= 0.3 is 5.69 Å². The van der Waals surface area contributed by atoms with Crippen LogP contribution in [0.25, 0.3) is 11.0 Å². The molecule has 0 amide bonds. The molecule has 0 aliphatic carbocycles. The first-order chi connectivity index (χ1) is 19.7. The summed E-state index contributed by atoms with van der Waals surface area (Å²) in [6, 6.07) is 22.3. The van der Waals surface area contributed by atoms with Crippen molar-refractivity contribution in [1.29, 1.82) is 0 Å². The number of imidazole rings is 1. The van der Waals surface area contributed by atoms with Gasteiger partial charge in [0, 0.05) is 36.6 Å². The molecular weight excluding hydrogens is 506 g/mol. The molecule has 2 heterocycles. The molecule has 1 aromatic heterocycles. The molecule has 2 atom stereocenters. The average molecular weight is 546 g/mol. The fraction of sp³-hybridized carbons (Fsp3) is 0.406. The zero-order valence-electron chi connectivity index (χ0n) is 23.4. The third kappa shape index (κ3) is 6.58. The summed E-state index contributed by atoms with van der Waals surface area (Å²) in [6.45, 7) is 6.55. The number of para-hydroxylation sites is 2. The van der Waals surface area contributed by atoms with Gasteiger partial charge in [-0.15, -0.1) is 0 Å². The molecule has 8 heteroatoms. The number of methoxy groups -OCH3 is 1. The van der Waals surface area contributed by atoms with E-state index in [0.717, 1.165) is 59.6 Å². The molecule has 3 aromatic carbocycles. The second-order valence-electron chi connectivity index (χ2n) is 10.1. The molecule has 1 fully saturated rings. The monoisotopic (exact) mass is 545 g/mol. The molecular formula is C32H39N3O5. The first-order valence-electron chi connectivity index (χ1n) is 14.1. The van der Waals surface area contributed by atoms with Gasteiger partial charge in [-0.3, -0.25) is 4.57 Å². The molecule has 5 rings (SSSR count). The van der Waals surface area contributed by atoms with Crippen molar-refractivity contribution in [2.75, 3.05) is 33.4 Å². The molecule has 4 aromatic rings. The van der Waals surface area contributed by atoms with Crippen LogP contribution in [0, 0.1) is 0 Å². The van der Waals surface area contributed by atoms with Gasteiger partial charge in [0.15, 0.2) is 0 Å². The maximum absolute atomic E-state index is 12.3. The van der Waals surface area contributed by atoms with Gasteiger partial charge in [-0.25, -0.2) is 4.79 Å². The van der Waals surface area contributed by atoms with Crippen LogP contribution >= 0.6 is 0 Å². The van der Waals surface area contributed by atoms with Crippen molar-refractivity contribution in [2.45, 2.75) is 51.5 Å². The van der Waals surface area contributed by atoms with Crippen LogP contribution in [0.1, 0.15) is 42.4 Å². The Bertz CT molecular complexity index is 1430. The van der Waals surface area contributed by atoms with Crippen molar-refractivity contribution in [3.63, 3.8) is 0 Å². The average Bonchev–Trinajstić information content (AvgIpc) is 3.33. The van der Waals surface area contributed by atoms with E-state index < -0.39 is 0 Å². The SMILES string of the molecule is CCn1c(=O)[nH]c2c(COC3CNCCC3c3ccc(OCCCOCc4ccccc4OC)cc3)cccc21. The Balaban J connectivity index is 1.11. The van der Waals surface area contributed by atoms with Gasteiger partial charge in [0.05, 0.1) is 50.7 Å². The number of fused-ring (bicyclic) bond motifs is 1. The standard InChI is InChI=1S/C32H39N3O5/c1-3-35-28-10-6-9-25(31(28)34-32(35)36)22-40-30-20-33-17-16-27(30)23-12-14-26(15-13-23)39-19-7-18-38-21-24-8-4-5-11-29(24)37-2/h4-6,8-15,27,30,33H,3,7,16-22H2,1-2H3,(H,34,36). The Morgan fingerprint density at radius 3 is 2.60 bits per heavy atom. The van der Waals surface area contributed by atoms with E-state index in [0.29, 0.717) is 33.0 Å². The second kappa shape index (κ2) is 13.7. The fourth-order valence-electron chi connectivity index (χ4n) is 5.42. The Hall–Kier alpha value is -3.59. The summed E-state index contributed by atoms with van der Waals surface area (Å²) >= 11 is 0. The molecule has 1 saturated heterocycles. The van der Waals surface area contributed by atoms with E-state index in [1.54, 1.807) is 11.7 Å². The van der Waals surface area contributed by atoms with Gasteiger partial charge in [0.1, 0.15) is 11.5 Å². The summed E-state index contributed by atoms with van der Waals surface area (Å²) in [4.78, 5) is 15.3. The molecule has 8 nitrogen and oxygen atoms in total. The maximum Gasteiger partial charge on any atom is 0.326 e. The lowest BCUT2D eigenvalue weighted by atomic mass is 9.87. The quantitative estimate of drug-likeness (QED) is 0.230. The highest BCUT2D eigenvalue weighted by atomic mass is 16.5. The minimum atomic E-state index is -0.0788. The van der Waals surface area contributed by atoms with Crippen LogP contribution in [0.4, 0.5) is 0 Å².